The fourth-order valence-corrected chi connectivity index (χ4v) is 2.57. The monoisotopic (exact) mass is 373 g/mol. The minimum Gasteiger partial charge on any atom is -0.508 e. The topological polar surface area (TPSA) is 32.3 Å². The number of rotatable bonds is 4. The molecule has 0 aliphatic carbocycles. The zero-order valence-corrected chi connectivity index (χ0v) is 13.9. The van der Waals surface area contributed by atoms with Gasteiger partial charge in [0.25, 0.3) is 0 Å². The van der Waals surface area contributed by atoms with Gasteiger partial charge in [-0.3, -0.25) is 0 Å². The Morgan fingerprint density at radius 3 is 2.60 bits per heavy atom. The zero-order chi connectivity index (χ0) is 14.7. The summed E-state index contributed by atoms with van der Waals surface area (Å²) in [5.74, 6) is 0.280. The van der Waals surface area contributed by atoms with Crippen molar-refractivity contribution >= 4 is 39.1 Å². The lowest BCUT2D eigenvalue weighted by Crippen LogP contribution is -2.18. The van der Waals surface area contributed by atoms with Gasteiger partial charge in [-0.15, -0.1) is 0 Å². The van der Waals surface area contributed by atoms with Gasteiger partial charge in [0.15, 0.2) is 0 Å². The average Bonchev–Trinajstić information content (AvgIpc) is 2.42. The molecule has 0 heterocycles. The first-order valence-electron chi connectivity index (χ1n) is 6.13. The van der Waals surface area contributed by atoms with Gasteiger partial charge < -0.3 is 10.4 Å². The van der Waals surface area contributed by atoms with Gasteiger partial charge in [0, 0.05) is 22.6 Å². The van der Waals surface area contributed by atoms with E-state index in [1.54, 1.807) is 18.2 Å². The van der Waals surface area contributed by atoms with Crippen LogP contribution in [-0.4, -0.2) is 5.11 Å². The second kappa shape index (κ2) is 6.81. The normalized spacial score (nSPS) is 12.4. The fourth-order valence-electron chi connectivity index (χ4n) is 1.86. The smallest absolute Gasteiger partial charge is 0.120 e. The van der Waals surface area contributed by atoms with Crippen molar-refractivity contribution in [2.45, 2.75) is 19.5 Å². The largest absolute Gasteiger partial charge is 0.508 e. The van der Waals surface area contributed by atoms with Gasteiger partial charge in [-0.05, 0) is 42.8 Å². The summed E-state index contributed by atoms with van der Waals surface area (Å²) in [6, 6.07) is 11.0. The molecule has 0 fully saturated rings. The van der Waals surface area contributed by atoms with Crippen molar-refractivity contribution in [2.24, 2.45) is 0 Å². The van der Waals surface area contributed by atoms with Crippen molar-refractivity contribution in [3.8, 4) is 5.75 Å². The summed E-state index contributed by atoms with van der Waals surface area (Å²) in [5.41, 5.74) is 1.89. The Bertz CT molecular complexity index is 619. The van der Waals surface area contributed by atoms with Crippen LogP contribution in [0.2, 0.25) is 10.0 Å². The molecule has 0 saturated carbocycles. The van der Waals surface area contributed by atoms with Crippen LogP contribution >= 0.6 is 39.1 Å². The molecule has 1 unspecified atom stereocenters. The van der Waals surface area contributed by atoms with Crippen LogP contribution in [0.5, 0.6) is 5.75 Å². The van der Waals surface area contributed by atoms with Crippen LogP contribution in [-0.2, 0) is 6.54 Å². The first-order valence-corrected chi connectivity index (χ1v) is 7.68. The Labute approximate surface area is 136 Å². The standard InChI is InChI=1S/C15H14BrCl2NO/c1-9(10-2-4-13(17)14(18)7-10)19-8-11-6-12(16)3-5-15(11)20/h2-7,9,19-20H,8H2,1H3. The van der Waals surface area contributed by atoms with E-state index in [9.17, 15) is 5.11 Å². The Kier molecular flexibility index (Phi) is 5.33. The Balaban J connectivity index is 2.06. The zero-order valence-electron chi connectivity index (χ0n) is 10.8. The second-order valence-corrected chi connectivity index (χ2v) is 6.28. The highest BCUT2D eigenvalue weighted by Gasteiger charge is 2.09. The molecule has 2 N–H and O–H groups in total. The molecule has 20 heavy (non-hydrogen) atoms. The van der Waals surface area contributed by atoms with Crippen LogP contribution in [0.1, 0.15) is 24.1 Å². The van der Waals surface area contributed by atoms with Crippen molar-refractivity contribution in [1.29, 1.82) is 0 Å². The summed E-state index contributed by atoms with van der Waals surface area (Å²) in [5, 5.41) is 14.2. The van der Waals surface area contributed by atoms with Gasteiger partial charge in [0.1, 0.15) is 5.75 Å². The van der Waals surface area contributed by atoms with E-state index in [1.807, 2.05) is 25.1 Å². The number of nitrogens with one attached hydrogen (secondary N) is 1. The predicted molar refractivity (Wildman–Crippen MR) is 87.5 cm³/mol. The molecule has 0 aliphatic rings. The average molecular weight is 375 g/mol. The van der Waals surface area contributed by atoms with Crippen LogP contribution < -0.4 is 5.32 Å². The molecular weight excluding hydrogens is 361 g/mol. The number of benzene rings is 2. The highest BCUT2D eigenvalue weighted by atomic mass is 79.9. The van der Waals surface area contributed by atoms with Crippen molar-refractivity contribution in [3.05, 3.63) is 62.0 Å². The van der Waals surface area contributed by atoms with Gasteiger partial charge in [-0.1, -0.05) is 45.2 Å². The van der Waals surface area contributed by atoms with Crippen LogP contribution in [0, 0.1) is 0 Å². The minimum absolute atomic E-state index is 0.100. The molecule has 0 spiro atoms. The van der Waals surface area contributed by atoms with Gasteiger partial charge in [0.2, 0.25) is 0 Å². The van der Waals surface area contributed by atoms with Gasteiger partial charge >= 0.3 is 0 Å². The van der Waals surface area contributed by atoms with Crippen molar-refractivity contribution in [1.82, 2.24) is 5.32 Å². The number of hydrogen-bond acceptors (Lipinski definition) is 2. The van der Waals surface area contributed by atoms with E-state index in [1.165, 1.54) is 0 Å². The summed E-state index contributed by atoms with van der Waals surface area (Å²) < 4.78 is 0.939. The first kappa shape index (κ1) is 15.6. The molecule has 0 radical (unpaired) electrons. The Hall–Kier alpha value is -0.740. The van der Waals surface area contributed by atoms with Crippen LogP contribution in [0.15, 0.2) is 40.9 Å². The maximum absolute atomic E-state index is 9.80. The summed E-state index contributed by atoms with van der Waals surface area (Å²) in [6.45, 7) is 2.60. The van der Waals surface area contributed by atoms with Gasteiger partial charge in [0.05, 0.1) is 10.0 Å². The van der Waals surface area contributed by atoms with Crippen LogP contribution in [0.3, 0.4) is 0 Å². The maximum atomic E-state index is 9.80. The van der Waals surface area contributed by atoms with E-state index in [-0.39, 0.29) is 11.8 Å². The molecule has 2 nitrogen and oxygen atoms in total. The predicted octanol–water partition coefficient (Wildman–Crippen LogP) is 5.31. The summed E-state index contributed by atoms with van der Waals surface area (Å²) in [6.07, 6.45) is 0. The molecule has 5 heteroatoms. The third-order valence-corrected chi connectivity index (χ3v) is 4.32. The molecule has 2 aromatic rings. The lowest BCUT2D eigenvalue weighted by molar-refractivity contribution is 0.460. The van der Waals surface area contributed by atoms with E-state index in [0.717, 1.165) is 15.6 Å². The van der Waals surface area contributed by atoms with Crippen molar-refractivity contribution in [2.75, 3.05) is 0 Å². The second-order valence-electron chi connectivity index (χ2n) is 4.55. The van der Waals surface area contributed by atoms with E-state index >= 15 is 0 Å². The molecule has 0 aromatic heterocycles. The number of phenolic OH excluding ortho intramolecular Hbond substituents is 1. The maximum Gasteiger partial charge on any atom is 0.120 e. The van der Waals surface area contributed by atoms with E-state index in [2.05, 4.69) is 21.2 Å². The molecule has 0 amide bonds. The highest BCUT2D eigenvalue weighted by Crippen LogP contribution is 2.26. The number of halogens is 3. The van der Waals surface area contributed by atoms with Gasteiger partial charge in [-0.2, -0.15) is 0 Å². The molecule has 0 bridgehead atoms. The lowest BCUT2D eigenvalue weighted by atomic mass is 10.1. The molecule has 2 rings (SSSR count). The molecule has 106 valence electrons. The minimum atomic E-state index is 0.100. The SMILES string of the molecule is CC(NCc1cc(Br)ccc1O)c1ccc(Cl)c(Cl)c1. The van der Waals surface area contributed by atoms with Crippen LogP contribution in [0.4, 0.5) is 0 Å². The number of phenols is 1. The summed E-state index contributed by atoms with van der Waals surface area (Å²) in [7, 11) is 0. The van der Waals surface area contributed by atoms with Crippen molar-refractivity contribution < 1.29 is 5.11 Å². The molecule has 1 atom stereocenters. The molecule has 0 aliphatic heterocycles. The Morgan fingerprint density at radius 2 is 1.90 bits per heavy atom. The molecular formula is C15H14BrCl2NO. The summed E-state index contributed by atoms with van der Waals surface area (Å²) in [4.78, 5) is 0. The van der Waals surface area contributed by atoms with E-state index in [4.69, 9.17) is 23.2 Å². The molecule has 0 saturated heterocycles. The Morgan fingerprint density at radius 1 is 1.15 bits per heavy atom. The first-order chi connectivity index (χ1) is 9.47. The number of hydrogen-bond donors (Lipinski definition) is 2. The number of aromatic hydroxyl groups is 1. The lowest BCUT2D eigenvalue weighted by Gasteiger charge is -2.15. The highest BCUT2D eigenvalue weighted by molar-refractivity contribution is 9.10. The third kappa shape index (κ3) is 3.89. The van der Waals surface area contributed by atoms with E-state index in [0.29, 0.717) is 16.6 Å². The summed E-state index contributed by atoms with van der Waals surface area (Å²) >= 11 is 15.3. The fraction of sp³-hybridized carbons (Fsp3) is 0.200. The van der Waals surface area contributed by atoms with Crippen molar-refractivity contribution in [3.63, 3.8) is 0 Å². The molecule has 2 aromatic carbocycles. The van der Waals surface area contributed by atoms with Gasteiger partial charge in [-0.25, -0.2) is 0 Å². The van der Waals surface area contributed by atoms with E-state index < -0.39 is 0 Å². The van der Waals surface area contributed by atoms with Crippen LogP contribution in [0.25, 0.3) is 0 Å². The third-order valence-electron chi connectivity index (χ3n) is 3.08. The quantitative estimate of drug-likeness (QED) is 0.759.